The summed E-state index contributed by atoms with van der Waals surface area (Å²) < 4.78 is 4.67. The molecule has 0 bridgehead atoms. The molecule has 0 aliphatic heterocycles. The van der Waals surface area contributed by atoms with E-state index in [2.05, 4.69) is 17.0 Å². The monoisotopic (exact) mass is 150 g/mol. The highest BCUT2D eigenvalue weighted by Crippen LogP contribution is 1.90. The van der Waals surface area contributed by atoms with Crippen molar-refractivity contribution in [2.75, 3.05) is 7.11 Å². The van der Waals surface area contributed by atoms with E-state index in [4.69, 9.17) is 11.6 Å². The maximum atomic E-state index is 5.21. The zero-order valence-electron chi connectivity index (χ0n) is 4.56. The molecule has 0 unspecified atom stereocenters. The van der Waals surface area contributed by atoms with Crippen molar-refractivity contribution in [1.82, 2.24) is 0 Å². The first-order valence-electron chi connectivity index (χ1n) is 2.13. The second kappa shape index (κ2) is 5.06. The summed E-state index contributed by atoms with van der Waals surface area (Å²) in [6.45, 7) is 0. The van der Waals surface area contributed by atoms with Crippen molar-refractivity contribution in [2.24, 2.45) is 0 Å². The molecule has 0 aromatic carbocycles. The highest BCUT2D eigenvalue weighted by molar-refractivity contribution is 7.80. The van der Waals surface area contributed by atoms with Crippen molar-refractivity contribution in [1.29, 1.82) is 0 Å². The molecule has 0 aromatic heterocycles. The molecule has 3 heteroatoms. The second-order valence-electron chi connectivity index (χ2n) is 1.14. The third kappa shape index (κ3) is 4.09. The summed E-state index contributed by atoms with van der Waals surface area (Å²) in [6, 6.07) is 0. The van der Waals surface area contributed by atoms with Gasteiger partial charge in [-0.3, -0.25) is 0 Å². The van der Waals surface area contributed by atoms with Crippen LogP contribution >= 0.6 is 23.8 Å². The Kier molecular flexibility index (Phi) is 5.01. The molecule has 0 saturated heterocycles. The summed E-state index contributed by atoms with van der Waals surface area (Å²) in [6.07, 6.45) is 2.35. The molecule has 0 radical (unpaired) electrons. The minimum absolute atomic E-state index is 0.557. The summed E-state index contributed by atoms with van der Waals surface area (Å²) >= 11 is 9.90. The minimum Gasteiger partial charge on any atom is -0.490 e. The van der Waals surface area contributed by atoms with Crippen molar-refractivity contribution in [2.45, 2.75) is 6.42 Å². The van der Waals surface area contributed by atoms with Crippen LogP contribution in [0.25, 0.3) is 0 Å². The second-order valence-corrected chi connectivity index (χ2v) is 1.85. The Hall–Kier alpha value is -0.0800. The molecule has 0 atom stereocenters. The Bertz CT molecular complexity index is 101. The van der Waals surface area contributed by atoms with Crippen molar-refractivity contribution < 1.29 is 4.74 Å². The number of ether oxygens (including phenoxy) is 1. The van der Waals surface area contributed by atoms with Gasteiger partial charge in [-0.2, -0.15) is 0 Å². The van der Waals surface area contributed by atoms with Gasteiger partial charge < -0.3 is 4.74 Å². The van der Waals surface area contributed by atoms with Gasteiger partial charge in [-0.1, -0.05) is 17.7 Å². The zero-order chi connectivity index (χ0) is 6.41. The first kappa shape index (κ1) is 7.92. The number of hydrogen-bond acceptors (Lipinski definition) is 2. The van der Waals surface area contributed by atoms with E-state index in [-0.39, 0.29) is 0 Å². The topological polar surface area (TPSA) is 9.23 Å². The average Bonchev–Trinajstić information content (AvgIpc) is 1.83. The van der Waals surface area contributed by atoms with Crippen molar-refractivity contribution >= 4 is 28.9 Å². The van der Waals surface area contributed by atoms with Gasteiger partial charge in [0.05, 0.1) is 7.11 Å². The molecule has 0 saturated carbocycles. The van der Waals surface area contributed by atoms with Gasteiger partial charge in [-0.25, -0.2) is 0 Å². The first-order chi connectivity index (χ1) is 3.81. The molecule has 1 nitrogen and oxygen atoms in total. The molecule has 0 aromatic rings. The maximum absolute atomic E-state index is 5.21. The van der Waals surface area contributed by atoms with Gasteiger partial charge in [0.1, 0.15) is 0 Å². The standard InChI is InChI=1S/C5H7ClOS/c1-7-5(8)3-2-4-6/h2,4H,3H2,1H3. The smallest absolute Gasteiger partial charge is 0.163 e. The number of halogens is 1. The molecule has 0 heterocycles. The Morgan fingerprint density at radius 2 is 2.50 bits per heavy atom. The Morgan fingerprint density at radius 3 is 2.88 bits per heavy atom. The lowest BCUT2D eigenvalue weighted by atomic mass is 10.5. The van der Waals surface area contributed by atoms with Gasteiger partial charge in [0.15, 0.2) is 5.05 Å². The van der Waals surface area contributed by atoms with E-state index in [9.17, 15) is 0 Å². The lowest BCUT2D eigenvalue weighted by Crippen LogP contribution is -1.92. The van der Waals surface area contributed by atoms with Gasteiger partial charge in [0, 0.05) is 12.0 Å². The number of rotatable bonds is 2. The van der Waals surface area contributed by atoms with E-state index >= 15 is 0 Å². The Balaban J connectivity index is 3.25. The lowest BCUT2D eigenvalue weighted by molar-refractivity contribution is 0.407. The largest absolute Gasteiger partial charge is 0.490 e. The van der Waals surface area contributed by atoms with Crippen LogP contribution in [-0.4, -0.2) is 12.2 Å². The molecular weight excluding hydrogens is 144 g/mol. The Labute approximate surface area is 59.3 Å². The van der Waals surface area contributed by atoms with Gasteiger partial charge in [-0.15, -0.1) is 0 Å². The van der Waals surface area contributed by atoms with Crippen LogP contribution in [0.5, 0.6) is 0 Å². The molecule has 46 valence electrons. The zero-order valence-corrected chi connectivity index (χ0v) is 6.13. The van der Waals surface area contributed by atoms with Gasteiger partial charge >= 0.3 is 0 Å². The molecule has 0 N–H and O–H groups in total. The van der Waals surface area contributed by atoms with Crippen LogP contribution in [0.3, 0.4) is 0 Å². The van der Waals surface area contributed by atoms with Crippen LogP contribution < -0.4 is 0 Å². The van der Waals surface area contributed by atoms with Crippen molar-refractivity contribution in [3.05, 3.63) is 11.6 Å². The number of thiocarbonyl (C=S) groups is 1. The van der Waals surface area contributed by atoms with Crippen molar-refractivity contribution in [3.63, 3.8) is 0 Å². The predicted octanol–water partition coefficient (Wildman–Crippen LogP) is 2.10. The fourth-order valence-electron chi connectivity index (χ4n) is 0.224. The first-order valence-corrected chi connectivity index (χ1v) is 2.97. The molecular formula is C5H7ClOS. The molecule has 0 rings (SSSR count). The number of methoxy groups -OCH3 is 1. The highest BCUT2D eigenvalue weighted by atomic mass is 35.5. The molecule has 0 aliphatic carbocycles. The summed E-state index contributed by atoms with van der Waals surface area (Å²) in [5.41, 5.74) is 1.42. The van der Waals surface area contributed by atoms with Crippen LogP contribution in [0.15, 0.2) is 11.6 Å². The molecule has 8 heavy (non-hydrogen) atoms. The van der Waals surface area contributed by atoms with E-state index in [0.717, 1.165) is 0 Å². The van der Waals surface area contributed by atoms with E-state index in [1.807, 2.05) is 0 Å². The van der Waals surface area contributed by atoms with E-state index in [0.29, 0.717) is 11.5 Å². The Morgan fingerprint density at radius 1 is 1.88 bits per heavy atom. The van der Waals surface area contributed by atoms with Gasteiger partial charge in [0.25, 0.3) is 0 Å². The third-order valence-electron chi connectivity index (χ3n) is 0.601. The molecule has 0 aliphatic rings. The molecule has 0 spiro atoms. The number of hydrogen-bond donors (Lipinski definition) is 0. The minimum atomic E-state index is 0.557. The van der Waals surface area contributed by atoms with Crippen LogP contribution in [-0.2, 0) is 4.74 Å². The maximum Gasteiger partial charge on any atom is 0.163 e. The molecule has 0 amide bonds. The SMILES string of the molecule is COC(=S)CC=CCl. The van der Waals surface area contributed by atoms with Crippen LogP contribution in [0.1, 0.15) is 6.42 Å². The fourth-order valence-corrected chi connectivity index (χ4v) is 0.409. The van der Waals surface area contributed by atoms with Crippen LogP contribution in [0, 0.1) is 0 Å². The average molecular weight is 151 g/mol. The summed E-state index contributed by atoms with van der Waals surface area (Å²) in [7, 11) is 1.55. The summed E-state index contributed by atoms with van der Waals surface area (Å²) in [5.74, 6) is 0. The van der Waals surface area contributed by atoms with E-state index in [1.54, 1.807) is 13.2 Å². The fraction of sp³-hybridized carbons (Fsp3) is 0.400. The lowest BCUT2D eigenvalue weighted by Gasteiger charge is -1.93. The van der Waals surface area contributed by atoms with Gasteiger partial charge in [0.2, 0.25) is 0 Å². The van der Waals surface area contributed by atoms with Crippen LogP contribution in [0.4, 0.5) is 0 Å². The van der Waals surface area contributed by atoms with Gasteiger partial charge in [-0.05, 0) is 12.2 Å². The van der Waals surface area contributed by atoms with E-state index in [1.165, 1.54) is 5.54 Å². The predicted molar refractivity (Wildman–Crippen MR) is 39.2 cm³/mol. The third-order valence-corrected chi connectivity index (χ3v) is 1.11. The van der Waals surface area contributed by atoms with Crippen molar-refractivity contribution in [3.8, 4) is 0 Å². The summed E-state index contributed by atoms with van der Waals surface area (Å²) in [4.78, 5) is 0. The normalized spacial score (nSPS) is 9.75. The van der Waals surface area contributed by atoms with Crippen LogP contribution in [0.2, 0.25) is 0 Å². The summed E-state index contributed by atoms with van der Waals surface area (Å²) in [5, 5.41) is 0.557. The quantitative estimate of drug-likeness (QED) is 0.558. The van der Waals surface area contributed by atoms with E-state index < -0.39 is 0 Å². The highest BCUT2D eigenvalue weighted by Gasteiger charge is 1.85. The molecule has 0 fully saturated rings.